The molecule has 0 amide bonds. The van der Waals surface area contributed by atoms with Crippen LogP contribution in [0.25, 0.3) is 0 Å². The first-order valence-electron chi connectivity index (χ1n) is 5.06. The van der Waals surface area contributed by atoms with Crippen LogP contribution in [0.3, 0.4) is 0 Å². The van der Waals surface area contributed by atoms with Crippen molar-refractivity contribution in [3.63, 3.8) is 0 Å². The van der Waals surface area contributed by atoms with Gasteiger partial charge in [-0.2, -0.15) is 0 Å². The van der Waals surface area contributed by atoms with E-state index in [-0.39, 0.29) is 0 Å². The minimum absolute atomic E-state index is 0.641. The molecule has 0 bridgehead atoms. The van der Waals surface area contributed by atoms with E-state index < -0.39 is 11.0 Å². The maximum Gasteiger partial charge on any atom is 0.0913 e. The van der Waals surface area contributed by atoms with Gasteiger partial charge < -0.3 is 5.73 Å². The van der Waals surface area contributed by atoms with Crippen LogP contribution < -0.4 is 5.73 Å². The summed E-state index contributed by atoms with van der Waals surface area (Å²) < 4.78 is 13.4. The van der Waals surface area contributed by atoms with Gasteiger partial charge in [0.1, 0.15) is 0 Å². The molecule has 84 valence electrons. The third-order valence-corrected chi connectivity index (χ3v) is 3.22. The predicted molar refractivity (Wildman–Crippen MR) is 64.6 cm³/mol. The van der Waals surface area contributed by atoms with E-state index in [4.69, 9.17) is 5.73 Å². The van der Waals surface area contributed by atoms with Gasteiger partial charge in [0.15, 0.2) is 0 Å². The molecule has 1 aromatic rings. The largest absolute Gasteiger partial charge is 0.330 e. The molecule has 15 heavy (non-hydrogen) atoms. The molecule has 1 aromatic carbocycles. The first-order valence-corrected chi connectivity index (χ1v) is 6.58. The van der Waals surface area contributed by atoms with Crippen molar-refractivity contribution < 1.29 is 4.21 Å². The van der Waals surface area contributed by atoms with Crippen molar-refractivity contribution in [2.75, 3.05) is 19.3 Å². The van der Waals surface area contributed by atoms with Crippen molar-refractivity contribution in [1.29, 1.82) is 0 Å². The molecule has 2 N–H and O–H groups in total. The zero-order valence-electron chi connectivity index (χ0n) is 9.06. The van der Waals surface area contributed by atoms with E-state index in [0.717, 1.165) is 19.5 Å². The molecule has 3 nitrogen and oxygen atoms in total. The molecule has 1 rings (SSSR count). The van der Waals surface area contributed by atoms with Gasteiger partial charge in [-0.25, -0.2) is 8.51 Å². The molecule has 0 saturated heterocycles. The Kier molecular flexibility index (Phi) is 5.53. The van der Waals surface area contributed by atoms with Crippen molar-refractivity contribution in [2.24, 2.45) is 5.73 Å². The fourth-order valence-electron chi connectivity index (χ4n) is 1.35. The van der Waals surface area contributed by atoms with Crippen LogP contribution in [0.5, 0.6) is 0 Å². The van der Waals surface area contributed by atoms with Crippen LogP contribution in [0.2, 0.25) is 0 Å². The summed E-state index contributed by atoms with van der Waals surface area (Å²) in [5, 5.41) is 0. The molecule has 0 heterocycles. The molecule has 1 atom stereocenters. The monoisotopic (exact) mass is 226 g/mol. The molecule has 0 saturated carbocycles. The zero-order chi connectivity index (χ0) is 11.1. The zero-order valence-corrected chi connectivity index (χ0v) is 9.87. The highest BCUT2D eigenvalue weighted by Crippen LogP contribution is 2.06. The van der Waals surface area contributed by atoms with Gasteiger partial charge in [-0.15, -0.1) is 0 Å². The van der Waals surface area contributed by atoms with Crippen molar-refractivity contribution >= 4 is 11.0 Å². The summed E-state index contributed by atoms with van der Waals surface area (Å²) in [4.78, 5) is 0. The van der Waals surface area contributed by atoms with E-state index in [9.17, 15) is 4.21 Å². The summed E-state index contributed by atoms with van der Waals surface area (Å²) in [5.74, 6) is 0. The highest BCUT2D eigenvalue weighted by molar-refractivity contribution is 7.81. The fraction of sp³-hybridized carbons (Fsp3) is 0.455. The topological polar surface area (TPSA) is 46.3 Å². The van der Waals surface area contributed by atoms with Gasteiger partial charge in [-0.05, 0) is 18.5 Å². The number of hydrogen-bond acceptors (Lipinski definition) is 2. The van der Waals surface area contributed by atoms with Crippen LogP contribution >= 0.6 is 0 Å². The Morgan fingerprint density at radius 3 is 2.53 bits per heavy atom. The van der Waals surface area contributed by atoms with E-state index in [0.29, 0.717) is 6.54 Å². The lowest BCUT2D eigenvalue weighted by Gasteiger charge is -2.18. The first-order chi connectivity index (χ1) is 7.24. The molecule has 0 fully saturated rings. The van der Waals surface area contributed by atoms with Gasteiger partial charge in [0.2, 0.25) is 0 Å². The molecule has 4 heteroatoms. The second-order valence-electron chi connectivity index (χ2n) is 3.42. The highest BCUT2D eigenvalue weighted by Gasteiger charge is 2.08. The smallest absolute Gasteiger partial charge is 0.0913 e. The van der Waals surface area contributed by atoms with E-state index in [1.807, 2.05) is 34.6 Å². The molecule has 0 aromatic heterocycles. The minimum Gasteiger partial charge on any atom is -0.330 e. The van der Waals surface area contributed by atoms with Crippen LogP contribution in [0.1, 0.15) is 12.0 Å². The number of rotatable bonds is 6. The summed E-state index contributed by atoms with van der Waals surface area (Å²) in [6, 6.07) is 10.1. The lowest BCUT2D eigenvalue weighted by Crippen LogP contribution is -2.27. The van der Waals surface area contributed by atoms with Gasteiger partial charge >= 0.3 is 0 Å². The Hall–Kier alpha value is -0.710. The summed E-state index contributed by atoms with van der Waals surface area (Å²) in [6.07, 6.45) is 2.59. The molecule has 0 spiro atoms. The third kappa shape index (κ3) is 4.55. The van der Waals surface area contributed by atoms with Gasteiger partial charge in [-0.3, -0.25) is 0 Å². The maximum absolute atomic E-state index is 11.5. The average molecular weight is 226 g/mol. The molecule has 0 aliphatic heterocycles. The predicted octanol–water partition coefficient (Wildman–Crippen LogP) is 1.13. The van der Waals surface area contributed by atoms with Crippen LogP contribution in [0, 0.1) is 0 Å². The van der Waals surface area contributed by atoms with Gasteiger partial charge in [-0.1, -0.05) is 30.3 Å². The van der Waals surface area contributed by atoms with Crippen LogP contribution in [0.4, 0.5) is 0 Å². The molecule has 0 aliphatic rings. The lowest BCUT2D eigenvalue weighted by molar-refractivity contribution is 0.436. The van der Waals surface area contributed by atoms with Gasteiger partial charge in [0, 0.05) is 19.3 Å². The lowest BCUT2D eigenvalue weighted by atomic mass is 10.2. The second-order valence-corrected chi connectivity index (χ2v) is 4.78. The van der Waals surface area contributed by atoms with Gasteiger partial charge in [0.05, 0.1) is 11.0 Å². The highest BCUT2D eigenvalue weighted by atomic mass is 32.2. The van der Waals surface area contributed by atoms with E-state index in [2.05, 4.69) is 0 Å². The molecular weight excluding hydrogens is 208 g/mol. The molecule has 0 aliphatic carbocycles. The number of hydrogen-bond donors (Lipinski definition) is 1. The standard InChI is InChI=1S/C11H18N2OS/c1-15(14)13(9-5-8-12)10-11-6-3-2-4-7-11/h2-4,6-7H,5,8-10,12H2,1H3. The van der Waals surface area contributed by atoms with Crippen molar-refractivity contribution in [3.8, 4) is 0 Å². The maximum atomic E-state index is 11.5. The number of nitrogens with two attached hydrogens (primary N) is 1. The Morgan fingerprint density at radius 2 is 2.00 bits per heavy atom. The summed E-state index contributed by atoms with van der Waals surface area (Å²) in [7, 11) is -0.928. The Labute approximate surface area is 93.9 Å². The second kappa shape index (κ2) is 6.71. The first kappa shape index (κ1) is 12.4. The van der Waals surface area contributed by atoms with Crippen molar-refractivity contribution in [2.45, 2.75) is 13.0 Å². The van der Waals surface area contributed by atoms with E-state index in [1.54, 1.807) is 6.26 Å². The summed E-state index contributed by atoms with van der Waals surface area (Å²) in [6.45, 7) is 2.15. The quantitative estimate of drug-likeness (QED) is 0.790. The van der Waals surface area contributed by atoms with Crippen molar-refractivity contribution in [3.05, 3.63) is 35.9 Å². The minimum atomic E-state index is -0.928. The summed E-state index contributed by atoms with van der Waals surface area (Å²) in [5.41, 5.74) is 6.63. The Bertz CT molecular complexity index is 303. The normalized spacial score (nSPS) is 13.0. The van der Waals surface area contributed by atoms with E-state index in [1.165, 1.54) is 5.56 Å². The summed E-state index contributed by atoms with van der Waals surface area (Å²) >= 11 is 0. The molecule has 0 radical (unpaired) electrons. The van der Waals surface area contributed by atoms with Crippen LogP contribution in [-0.4, -0.2) is 27.9 Å². The number of nitrogens with zero attached hydrogens (tertiary/aromatic N) is 1. The third-order valence-electron chi connectivity index (χ3n) is 2.18. The van der Waals surface area contributed by atoms with Gasteiger partial charge in [0.25, 0.3) is 0 Å². The van der Waals surface area contributed by atoms with Crippen LogP contribution in [0.15, 0.2) is 30.3 Å². The molecule has 1 unspecified atom stereocenters. The fourth-order valence-corrected chi connectivity index (χ4v) is 2.07. The van der Waals surface area contributed by atoms with Crippen LogP contribution in [-0.2, 0) is 17.5 Å². The average Bonchev–Trinajstić information content (AvgIpc) is 2.25. The number of benzene rings is 1. The Balaban J connectivity index is 2.55. The Morgan fingerprint density at radius 1 is 1.33 bits per heavy atom. The van der Waals surface area contributed by atoms with E-state index >= 15 is 0 Å². The van der Waals surface area contributed by atoms with Crippen molar-refractivity contribution in [1.82, 2.24) is 4.31 Å². The SMILES string of the molecule is CS(=O)N(CCCN)Cc1ccccc1. The molecular formula is C11H18N2OS.